The first-order chi connectivity index (χ1) is 12.8. The van der Waals surface area contributed by atoms with Crippen molar-refractivity contribution in [2.45, 2.75) is 32.4 Å². The summed E-state index contributed by atoms with van der Waals surface area (Å²) in [6, 6.07) is 12.9. The van der Waals surface area contributed by atoms with E-state index in [1.54, 1.807) is 11.3 Å². The van der Waals surface area contributed by atoms with Gasteiger partial charge in [-0.15, -0.1) is 22.7 Å². The van der Waals surface area contributed by atoms with E-state index in [-0.39, 0.29) is 0 Å². The normalized spacial score (nSPS) is 18.1. The summed E-state index contributed by atoms with van der Waals surface area (Å²) in [5, 5.41) is 3.28. The van der Waals surface area contributed by atoms with Crippen LogP contribution in [0.3, 0.4) is 0 Å². The lowest BCUT2D eigenvalue weighted by Crippen LogP contribution is -2.23. The molecular formula is C20H19N3OS2. The van der Waals surface area contributed by atoms with Crippen molar-refractivity contribution in [3.8, 4) is 10.8 Å². The molecule has 3 aromatic heterocycles. The molecule has 0 amide bonds. The van der Waals surface area contributed by atoms with Gasteiger partial charge in [0.05, 0.1) is 26.8 Å². The number of thiophene rings is 1. The summed E-state index contributed by atoms with van der Waals surface area (Å²) in [6.45, 7) is 3.92. The Morgan fingerprint density at radius 2 is 2.12 bits per heavy atom. The number of nitrogens with zero attached hydrogens (tertiary/aromatic N) is 3. The molecule has 0 unspecified atom stereocenters. The summed E-state index contributed by atoms with van der Waals surface area (Å²) in [5.74, 6) is 1.66. The zero-order chi connectivity index (χ0) is 17.5. The number of rotatable bonds is 4. The Morgan fingerprint density at radius 3 is 2.96 bits per heavy atom. The van der Waals surface area contributed by atoms with Gasteiger partial charge in [-0.3, -0.25) is 4.90 Å². The van der Waals surface area contributed by atoms with E-state index in [1.165, 1.54) is 16.1 Å². The van der Waals surface area contributed by atoms with Crippen LogP contribution in [0.25, 0.3) is 21.0 Å². The van der Waals surface area contributed by atoms with Gasteiger partial charge in [0.15, 0.2) is 0 Å². The molecule has 0 spiro atoms. The summed E-state index contributed by atoms with van der Waals surface area (Å²) in [6.07, 6.45) is 2.36. The van der Waals surface area contributed by atoms with Crippen LogP contribution >= 0.6 is 22.7 Å². The van der Waals surface area contributed by atoms with Crippen LogP contribution in [-0.2, 0) is 6.54 Å². The summed E-state index contributed by atoms with van der Waals surface area (Å²) in [4.78, 5) is 13.2. The second-order valence-electron chi connectivity index (χ2n) is 6.65. The summed E-state index contributed by atoms with van der Waals surface area (Å²) >= 11 is 3.48. The van der Waals surface area contributed by atoms with Gasteiger partial charge in [0.2, 0.25) is 5.89 Å². The molecule has 6 heteroatoms. The number of aryl methyl sites for hydroxylation is 1. The number of aromatic nitrogens is 2. The molecule has 5 rings (SSSR count). The smallest absolute Gasteiger partial charge is 0.236 e. The number of thiazole rings is 1. The van der Waals surface area contributed by atoms with Crippen LogP contribution in [0.1, 0.15) is 35.3 Å². The first kappa shape index (κ1) is 16.2. The van der Waals surface area contributed by atoms with Crippen molar-refractivity contribution in [2.75, 3.05) is 6.54 Å². The third-order valence-corrected chi connectivity index (χ3v) is 6.93. The SMILES string of the molecule is Cc1oc(-c2cccs2)nc1CN1CCC[C@H]1c1nc2ccccc2s1. The van der Waals surface area contributed by atoms with Gasteiger partial charge in [0.1, 0.15) is 10.8 Å². The molecule has 1 atom stereocenters. The number of hydrogen-bond acceptors (Lipinski definition) is 6. The molecule has 132 valence electrons. The van der Waals surface area contributed by atoms with Crippen molar-refractivity contribution in [1.29, 1.82) is 0 Å². The molecule has 0 N–H and O–H groups in total. The van der Waals surface area contributed by atoms with Gasteiger partial charge in [0.25, 0.3) is 0 Å². The molecule has 1 aliphatic heterocycles. The first-order valence-electron chi connectivity index (χ1n) is 8.87. The second-order valence-corrected chi connectivity index (χ2v) is 8.66. The lowest BCUT2D eigenvalue weighted by molar-refractivity contribution is 0.244. The molecule has 1 fully saturated rings. The molecule has 0 bridgehead atoms. The fraction of sp³-hybridized carbons (Fsp3) is 0.300. The number of hydrogen-bond donors (Lipinski definition) is 0. The lowest BCUT2D eigenvalue weighted by Gasteiger charge is -2.21. The van der Waals surface area contributed by atoms with Gasteiger partial charge in [-0.25, -0.2) is 9.97 Å². The van der Waals surface area contributed by atoms with Gasteiger partial charge in [-0.2, -0.15) is 0 Å². The van der Waals surface area contributed by atoms with Gasteiger partial charge in [-0.1, -0.05) is 18.2 Å². The van der Waals surface area contributed by atoms with Crippen molar-refractivity contribution in [3.63, 3.8) is 0 Å². The quantitative estimate of drug-likeness (QED) is 0.457. The Hall–Kier alpha value is -2.02. The molecular weight excluding hydrogens is 362 g/mol. The number of fused-ring (bicyclic) bond motifs is 1. The van der Waals surface area contributed by atoms with Crippen molar-refractivity contribution in [3.05, 3.63) is 58.2 Å². The highest BCUT2D eigenvalue weighted by Gasteiger charge is 2.30. The standard InChI is InChI=1S/C20H19N3OS2/c1-13-15(21-19(24-13)18-9-5-11-25-18)12-23-10-4-7-16(23)20-22-14-6-2-3-8-17(14)26-20/h2-3,5-6,8-9,11,16H,4,7,10,12H2,1H3/t16-/m0/s1. The van der Waals surface area contributed by atoms with Crippen molar-refractivity contribution in [1.82, 2.24) is 14.9 Å². The van der Waals surface area contributed by atoms with Crippen LogP contribution in [0.4, 0.5) is 0 Å². The maximum absolute atomic E-state index is 5.92. The van der Waals surface area contributed by atoms with E-state index >= 15 is 0 Å². The second kappa shape index (κ2) is 6.61. The predicted molar refractivity (Wildman–Crippen MR) is 107 cm³/mol. The van der Waals surface area contributed by atoms with E-state index < -0.39 is 0 Å². The predicted octanol–water partition coefficient (Wildman–Crippen LogP) is 5.66. The molecule has 26 heavy (non-hydrogen) atoms. The molecule has 4 nitrogen and oxygen atoms in total. The van der Waals surface area contributed by atoms with E-state index in [0.29, 0.717) is 6.04 Å². The third kappa shape index (κ3) is 2.88. The minimum Gasteiger partial charge on any atom is -0.440 e. The van der Waals surface area contributed by atoms with Crippen LogP contribution in [0, 0.1) is 6.92 Å². The van der Waals surface area contributed by atoms with Crippen LogP contribution in [-0.4, -0.2) is 21.4 Å². The van der Waals surface area contributed by atoms with Crippen molar-refractivity contribution >= 4 is 32.9 Å². The van der Waals surface area contributed by atoms with E-state index in [1.807, 2.05) is 24.3 Å². The fourth-order valence-electron chi connectivity index (χ4n) is 3.60. The average molecular weight is 382 g/mol. The van der Waals surface area contributed by atoms with Gasteiger partial charge < -0.3 is 4.42 Å². The Labute approximate surface area is 160 Å². The molecule has 4 heterocycles. The summed E-state index contributed by atoms with van der Waals surface area (Å²) in [7, 11) is 0. The minimum absolute atomic E-state index is 0.383. The Bertz CT molecular complexity index is 1000. The molecule has 1 aromatic carbocycles. The largest absolute Gasteiger partial charge is 0.440 e. The van der Waals surface area contributed by atoms with Crippen molar-refractivity contribution < 1.29 is 4.42 Å². The number of para-hydroxylation sites is 1. The monoisotopic (exact) mass is 381 g/mol. The summed E-state index contributed by atoms with van der Waals surface area (Å²) < 4.78 is 7.19. The molecule has 0 radical (unpaired) electrons. The van der Waals surface area contributed by atoms with Crippen LogP contribution in [0.15, 0.2) is 46.2 Å². The minimum atomic E-state index is 0.383. The van der Waals surface area contributed by atoms with E-state index in [4.69, 9.17) is 14.4 Å². The number of oxazole rings is 1. The Kier molecular flexibility index (Phi) is 4.11. The summed E-state index contributed by atoms with van der Waals surface area (Å²) in [5.41, 5.74) is 2.15. The molecule has 0 saturated carbocycles. The highest BCUT2D eigenvalue weighted by Crippen LogP contribution is 2.37. The van der Waals surface area contributed by atoms with E-state index in [2.05, 4.69) is 40.6 Å². The highest BCUT2D eigenvalue weighted by molar-refractivity contribution is 7.18. The third-order valence-electron chi connectivity index (χ3n) is 4.94. The molecule has 4 aromatic rings. The van der Waals surface area contributed by atoms with E-state index in [9.17, 15) is 0 Å². The Morgan fingerprint density at radius 1 is 1.19 bits per heavy atom. The highest BCUT2D eigenvalue weighted by atomic mass is 32.1. The van der Waals surface area contributed by atoms with Crippen LogP contribution < -0.4 is 0 Å². The van der Waals surface area contributed by atoms with Crippen molar-refractivity contribution in [2.24, 2.45) is 0 Å². The van der Waals surface area contributed by atoms with E-state index in [0.717, 1.165) is 47.2 Å². The number of likely N-dealkylation sites (tertiary alicyclic amines) is 1. The molecule has 0 aliphatic carbocycles. The topological polar surface area (TPSA) is 42.2 Å². The molecule has 1 saturated heterocycles. The average Bonchev–Trinajstić information content (AvgIpc) is 3.42. The van der Waals surface area contributed by atoms with Gasteiger partial charge in [-0.05, 0) is 49.9 Å². The lowest BCUT2D eigenvalue weighted by atomic mass is 10.2. The maximum atomic E-state index is 5.92. The van der Waals surface area contributed by atoms with Crippen LogP contribution in [0.2, 0.25) is 0 Å². The fourth-order valence-corrected chi connectivity index (χ4v) is 5.39. The first-order valence-corrected chi connectivity index (χ1v) is 10.6. The zero-order valence-corrected chi connectivity index (χ0v) is 16.1. The molecule has 1 aliphatic rings. The number of benzene rings is 1. The van der Waals surface area contributed by atoms with Crippen LogP contribution in [0.5, 0.6) is 0 Å². The Balaban J connectivity index is 1.41. The maximum Gasteiger partial charge on any atom is 0.236 e. The van der Waals surface area contributed by atoms with Gasteiger partial charge >= 0.3 is 0 Å². The van der Waals surface area contributed by atoms with Gasteiger partial charge in [0, 0.05) is 6.54 Å². The zero-order valence-electron chi connectivity index (χ0n) is 14.5.